The molecule has 0 spiro atoms. The molecular weight excluding hydrogens is 224 g/mol. The van der Waals surface area contributed by atoms with Crippen molar-refractivity contribution < 1.29 is 4.74 Å². The molecule has 0 aliphatic rings. The van der Waals surface area contributed by atoms with Gasteiger partial charge in [0.05, 0.1) is 19.0 Å². The smallest absolute Gasteiger partial charge is 0.160 e. The van der Waals surface area contributed by atoms with Gasteiger partial charge in [0.2, 0.25) is 0 Å². The van der Waals surface area contributed by atoms with Crippen LogP contribution in [0.3, 0.4) is 0 Å². The second-order valence-corrected chi connectivity index (χ2v) is 4.72. The van der Waals surface area contributed by atoms with E-state index in [1.807, 2.05) is 13.0 Å². The first kappa shape index (κ1) is 14.8. The second kappa shape index (κ2) is 8.78. The van der Waals surface area contributed by atoms with Gasteiger partial charge in [0.1, 0.15) is 0 Å². The van der Waals surface area contributed by atoms with Gasteiger partial charge < -0.3 is 10.1 Å². The van der Waals surface area contributed by atoms with Gasteiger partial charge in [-0.3, -0.25) is 4.98 Å². The summed E-state index contributed by atoms with van der Waals surface area (Å²) in [5.41, 5.74) is 2.07. The first-order chi connectivity index (χ1) is 8.77. The topological polar surface area (TPSA) is 34.2 Å². The number of hydrogen-bond acceptors (Lipinski definition) is 3. The van der Waals surface area contributed by atoms with Gasteiger partial charge in [-0.1, -0.05) is 39.0 Å². The van der Waals surface area contributed by atoms with Crippen molar-refractivity contribution in [3.63, 3.8) is 0 Å². The summed E-state index contributed by atoms with van der Waals surface area (Å²) < 4.78 is 5.29. The van der Waals surface area contributed by atoms with E-state index in [0.29, 0.717) is 0 Å². The molecule has 0 aliphatic heterocycles. The zero-order valence-electron chi connectivity index (χ0n) is 12.0. The molecule has 0 bridgehead atoms. The Kier molecular flexibility index (Phi) is 7.23. The fraction of sp³-hybridized carbons (Fsp3) is 0.667. The van der Waals surface area contributed by atoms with Crippen molar-refractivity contribution in [2.75, 3.05) is 19.0 Å². The summed E-state index contributed by atoms with van der Waals surface area (Å²) >= 11 is 0. The number of aromatic nitrogens is 1. The van der Waals surface area contributed by atoms with Crippen LogP contribution in [-0.4, -0.2) is 18.6 Å². The number of unbranched alkanes of at least 4 members (excludes halogenated alkanes) is 5. The number of hydrogen-bond donors (Lipinski definition) is 1. The predicted octanol–water partition coefficient (Wildman–Crippen LogP) is 4.17. The Bertz CT molecular complexity index is 339. The lowest BCUT2D eigenvalue weighted by Gasteiger charge is -2.11. The third kappa shape index (κ3) is 5.39. The molecule has 1 N–H and O–H groups in total. The van der Waals surface area contributed by atoms with Crippen LogP contribution in [-0.2, 0) is 0 Å². The average Bonchev–Trinajstić information content (AvgIpc) is 2.38. The molecule has 1 aromatic rings. The van der Waals surface area contributed by atoms with Crippen molar-refractivity contribution in [1.82, 2.24) is 4.98 Å². The van der Waals surface area contributed by atoms with Gasteiger partial charge in [-0.15, -0.1) is 0 Å². The van der Waals surface area contributed by atoms with Crippen LogP contribution in [0.4, 0.5) is 5.69 Å². The van der Waals surface area contributed by atoms with Gasteiger partial charge in [0.15, 0.2) is 5.75 Å². The molecule has 0 radical (unpaired) electrons. The molecule has 102 valence electrons. The number of methoxy groups -OCH3 is 1. The summed E-state index contributed by atoms with van der Waals surface area (Å²) in [5.74, 6) is 0.826. The van der Waals surface area contributed by atoms with E-state index in [9.17, 15) is 0 Å². The van der Waals surface area contributed by atoms with Crippen LogP contribution in [0.1, 0.15) is 51.1 Å². The van der Waals surface area contributed by atoms with E-state index in [1.54, 1.807) is 13.3 Å². The summed E-state index contributed by atoms with van der Waals surface area (Å²) in [7, 11) is 1.68. The van der Waals surface area contributed by atoms with Crippen molar-refractivity contribution in [1.29, 1.82) is 0 Å². The van der Waals surface area contributed by atoms with Gasteiger partial charge in [0.25, 0.3) is 0 Å². The standard InChI is InChI=1S/C15H26N2O/c1-4-5-6-7-8-9-10-16-14-11-13(2)17-12-15(14)18-3/h11-12H,4-10H2,1-3H3,(H,16,17). The number of aryl methyl sites for hydroxylation is 1. The quantitative estimate of drug-likeness (QED) is 0.668. The van der Waals surface area contributed by atoms with E-state index in [-0.39, 0.29) is 0 Å². The first-order valence-corrected chi connectivity index (χ1v) is 7.02. The third-order valence-electron chi connectivity index (χ3n) is 3.07. The van der Waals surface area contributed by atoms with Crippen LogP contribution < -0.4 is 10.1 Å². The minimum absolute atomic E-state index is 0.826. The van der Waals surface area contributed by atoms with Crippen LogP contribution in [0.5, 0.6) is 5.75 Å². The van der Waals surface area contributed by atoms with Crippen LogP contribution in [0.15, 0.2) is 12.3 Å². The number of ether oxygens (including phenoxy) is 1. The van der Waals surface area contributed by atoms with E-state index in [2.05, 4.69) is 17.2 Å². The van der Waals surface area contributed by atoms with E-state index in [0.717, 1.165) is 23.7 Å². The van der Waals surface area contributed by atoms with Crippen molar-refractivity contribution in [3.8, 4) is 5.75 Å². The lowest BCUT2D eigenvalue weighted by molar-refractivity contribution is 0.414. The summed E-state index contributed by atoms with van der Waals surface area (Å²) in [6.45, 7) is 5.25. The number of pyridine rings is 1. The molecular formula is C15H26N2O. The van der Waals surface area contributed by atoms with E-state index < -0.39 is 0 Å². The zero-order chi connectivity index (χ0) is 13.2. The minimum Gasteiger partial charge on any atom is -0.493 e. The van der Waals surface area contributed by atoms with Crippen LogP contribution in [0.25, 0.3) is 0 Å². The first-order valence-electron chi connectivity index (χ1n) is 7.02. The fourth-order valence-electron chi connectivity index (χ4n) is 1.98. The van der Waals surface area contributed by atoms with Crippen molar-refractivity contribution in [2.45, 2.75) is 52.4 Å². The normalized spacial score (nSPS) is 10.4. The van der Waals surface area contributed by atoms with Crippen LogP contribution in [0.2, 0.25) is 0 Å². The molecule has 3 nitrogen and oxygen atoms in total. The zero-order valence-corrected chi connectivity index (χ0v) is 12.0. The largest absolute Gasteiger partial charge is 0.493 e. The van der Waals surface area contributed by atoms with Gasteiger partial charge >= 0.3 is 0 Å². The fourth-order valence-corrected chi connectivity index (χ4v) is 1.98. The van der Waals surface area contributed by atoms with Gasteiger partial charge in [-0.05, 0) is 19.4 Å². The maximum absolute atomic E-state index is 5.29. The Morgan fingerprint density at radius 3 is 2.61 bits per heavy atom. The highest BCUT2D eigenvalue weighted by molar-refractivity contribution is 5.55. The van der Waals surface area contributed by atoms with Gasteiger partial charge in [-0.25, -0.2) is 0 Å². The highest BCUT2D eigenvalue weighted by Crippen LogP contribution is 2.23. The summed E-state index contributed by atoms with van der Waals surface area (Å²) in [6.07, 6.45) is 9.69. The predicted molar refractivity (Wildman–Crippen MR) is 77.4 cm³/mol. The van der Waals surface area contributed by atoms with Crippen LogP contribution >= 0.6 is 0 Å². The van der Waals surface area contributed by atoms with E-state index in [4.69, 9.17) is 4.74 Å². The molecule has 3 heteroatoms. The van der Waals surface area contributed by atoms with E-state index in [1.165, 1.54) is 38.5 Å². The highest BCUT2D eigenvalue weighted by Gasteiger charge is 2.02. The average molecular weight is 250 g/mol. The summed E-state index contributed by atoms with van der Waals surface area (Å²) in [4.78, 5) is 4.22. The monoisotopic (exact) mass is 250 g/mol. The van der Waals surface area contributed by atoms with Crippen molar-refractivity contribution in [3.05, 3.63) is 18.0 Å². The molecule has 1 aromatic heterocycles. The number of nitrogens with one attached hydrogen (secondary N) is 1. The Balaban J connectivity index is 2.24. The third-order valence-corrected chi connectivity index (χ3v) is 3.07. The maximum atomic E-state index is 5.29. The Hall–Kier alpha value is -1.25. The number of anilines is 1. The molecule has 1 heterocycles. The lowest BCUT2D eigenvalue weighted by atomic mass is 10.1. The molecule has 0 saturated heterocycles. The summed E-state index contributed by atoms with van der Waals surface area (Å²) in [5, 5.41) is 3.43. The molecule has 1 rings (SSSR count). The molecule has 0 amide bonds. The van der Waals surface area contributed by atoms with E-state index >= 15 is 0 Å². The summed E-state index contributed by atoms with van der Waals surface area (Å²) in [6, 6.07) is 2.04. The lowest BCUT2D eigenvalue weighted by Crippen LogP contribution is -2.04. The second-order valence-electron chi connectivity index (χ2n) is 4.72. The maximum Gasteiger partial charge on any atom is 0.160 e. The van der Waals surface area contributed by atoms with Gasteiger partial charge in [-0.2, -0.15) is 0 Å². The van der Waals surface area contributed by atoms with Gasteiger partial charge in [0, 0.05) is 12.2 Å². The number of nitrogens with zero attached hydrogens (tertiary/aromatic N) is 1. The Morgan fingerprint density at radius 1 is 1.17 bits per heavy atom. The molecule has 0 aliphatic carbocycles. The van der Waals surface area contributed by atoms with Crippen molar-refractivity contribution >= 4 is 5.69 Å². The Labute approximate surface area is 111 Å². The molecule has 0 fully saturated rings. The SMILES string of the molecule is CCCCCCCCNc1cc(C)ncc1OC. The minimum atomic E-state index is 0.826. The number of rotatable bonds is 9. The molecule has 0 atom stereocenters. The molecule has 0 unspecified atom stereocenters. The van der Waals surface area contributed by atoms with Crippen LogP contribution in [0, 0.1) is 6.92 Å². The Morgan fingerprint density at radius 2 is 1.89 bits per heavy atom. The van der Waals surface area contributed by atoms with Crippen molar-refractivity contribution in [2.24, 2.45) is 0 Å². The molecule has 18 heavy (non-hydrogen) atoms. The highest BCUT2D eigenvalue weighted by atomic mass is 16.5. The molecule has 0 saturated carbocycles. The molecule has 0 aromatic carbocycles.